The van der Waals surface area contributed by atoms with E-state index in [4.69, 9.17) is 9.68 Å². The van der Waals surface area contributed by atoms with Gasteiger partial charge in [-0.1, -0.05) is 18.9 Å². The maximum absolute atomic E-state index is 12.2. The van der Waals surface area contributed by atoms with Gasteiger partial charge in [0.05, 0.1) is 18.5 Å². The van der Waals surface area contributed by atoms with Crippen molar-refractivity contribution in [2.45, 2.75) is 31.2 Å². The standard InChI is InChI=1S/C14H16N2O4/c1-19-13(18)14(7-2-3-8-14)16-11-6-4-5-10(9-17)12(11)15-20-16/h4-6,9,15H,2-3,7-8H2,1H3. The first kappa shape index (κ1) is 12.9. The van der Waals surface area contributed by atoms with Gasteiger partial charge in [0, 0.05) is 5.56 Å². The predicted octanol–water partition coefficient (Wildman–Crippen LogP) is 2.06. The van der Waals surface area contributed by atoms with E-state index in [-0.39, 0.29) is 5.97 Å². The molecule has 0 spiro atoms. The minimum Gasteiger partial charge on any atom is -0.467 e. The number of para-hydroxylation sites is 1. The lowest BCUT2D eigenvalue weighted by atomic mass is 9.96. The van der Waals surface area contributed by atoms with Crippen LogP contribution in [0.2, 0.25) is 0 Å². The molecule has 2 aliphatic rings. The lowest BCUT2D eigenvalue weighted by molar-refractivity contribution is -0.150. The summed E-state index contributed by atoms with van der Waals surface area (Å²) in [5, 5.41) is 1.56. The fourth-order valence-electron chi connectivity index (χ4n) is 3.03. The molecule has 0 amide bonds. The molecule has 1 fully saturated rings. The maximum atomic E-state index is 12.2. The number of esters is 1. The fraction of sp³-hybridized carbons (Fsp3) is 0.429. The van der Waals surface area contributed by atoms with Crippen LogP contribution in [0.3, 0.4) is 0 Å². The highest BCUT2D eigenvalue weighted by Crippen LogP contribution is 2.45. The van der Waals surface area contributed by atoms with Crippen molar-refractivity contribution in [2.75, 3.05) is 17.7 Å². The number of carbonyl (C=O) groups excluding carboxylic acids is 2. The summed E-state index contributed by atoms with van der Waals surface area (Å²) in [7, 11) is 1.38. The van der Waals surface area contributed by atoms with Crippen molar-refractivity contribution in [3.63, 3.8) is 0 Å². The molecule has 1 aliphatic carbocycles. The summed E-state index contributed by atoms with van der Waals surface area (Å²) in [6.45, 7) is 0. The highest BCUT2D eigenvalue weighted by molar-refractivity contribution is 5.94. The largest absolute Gasteiger partial charge is 0.467 e. The zero-order valence-electron chi connectivity index (χ0n) is 11.2. The number of hydrogen-bond acceptors (Lipinski definition) is 6. The first-order valence-corrected chi connectivity index (χ1v) is 6.63. The molecule has 0 bridgehead atoms. The lowest BCUT2D eigenvalue weighted by Crippen LogP contribution is -2.52. The minimum absolute atomic E-state index is 0.304. The summed E-state index contributed by atoms with van der Waals surface area (Å²) in [5.74, 6) is -0.304. The Kier molecular flexibility index (Phi) is 3.10. The molecule has 0 atom stereocenters. The van der Waals surface area contributed by atoms with Gasteiger partial charge in [0.15, 0.2) is 11.8 Å². The molecule has 1 aromatic rings. The van der Waals surface area contributed by atoms with E-state index in [1.165, 1.54) is 7.11 Å². The van der Waals surface area contributed by atoms with E-state index in [1.807, 2.05) is 6.07 Å². The van der Waals surface area contributed by atoms with Crippen LogP contribution in [0.5, 0.6) is 0 Å². The molecule has 1 aliphatic heterocycles. The molecule has 0 radical (unpaired) electrons. The van der Waals surface area contributed by atoms with Gasteiger partial charge in [-0.25, -0.2) is 15.3 Å². The molecule has 1 aromatic carbocycles. The zero-order chi connectivity index (χ0) is 14.2. The number of hydroxylamine groups is 1. The molecule has 1 saturated carbocycles. The Hall–Kier alpha value is -2.08. The van der Waals surface area contributed by atoms with Crippen LogP contribution in [0.1, 0.15) is 36.0 Å². The van der Waals surface area contributed by atoms with E-state index in [0.29, 0.717) is 29.8 Å². The van der Waals surface area contributed by atoms with Gasteiger partial charge in [0.2, 0.25) is 0 Å². The molecule has 0 saturated heterocycles. The summed E-state index contributed by atoms with van der Waals surface area (Å²) in [6, 6.07) is 5.29. The average Bonchev–Trinajstić information content (AvgIpc) is 3.12. The van der Waals surface area contributed by atoms with Crippen LogP contribution in [-0.4, -0.2) is 24.9 Å². The summed E-state index contributed by atoms with van der Waals surface area (Å²) in [4.78, 5) is 28.8. The van der Waals surface area contributed by atoms with Crippen LogP contribution in [0, 0.1) is 0 Å². The van der Waals surface area contributed by atoms with Crippen LogP contribution >= 0.6 is 0 Å². The Morgan fingerprint density at radius 3 is 2.85 bits per heavy atom. The third-order valence-electron chi connectivity index (χ3n) is 4.04. The highest BCUT2D eigenvalue weighted by atomic mass is 16.8. The first-order chi connectivity index (χ1) is 9.73. The monoisotopic (exact) mass is 276 g/mol. The molecule has 1 N–H and O–H groups in total. The Balaban J connectivity index is 2.05. The summed E-state index contributed by atoms with van der Waals surface area (Å²) in [6.07, 6.45) is 3.99. The van der Waals surface area contributed by atoms with Crippen molar-refractivity contribution >= 4 is 23.6 Å². The number of benzene rings is 1. The van der Waals surface area contributed by atoms with E-state index in [2.05, 4.69) is 5.48 Å². The van der Waals surface area contributed by atoms with E-state index in [1.54, 1.807) is 17.2 Å². The molecule has 3 rings (SSSR count). The average molecular weight is 276 g/mol. The van der Waals surface area contributed by atoms with Crippen molar-refractivity contribution in [3.05, 3.63) is 23.8 Å². The number of aldehydes is 1. The lowest BCUT2D eigenvalue weighted by Gasteiger charge is -2.34. The molecule has 20 heavy (non-hydrogen) atoms. The SMILES string of the molecule is COC(=O)C1(N2ONc3c(C=O)cccc32)CCCC1. The van der Waals surface area contributed by atoms with Crippen molar-refractivity contribution in [3.8, 4) is 0 Å². The third kappa shape index (κ3) is 1.68. The number of carbonyl (C=O) groups is 2. The first-order valence-electron chi connectivity index (χ1n) is 6.63. The second kappa shape index (κ2) is 4.79. The minimum atomic E-state index is -0.811. The number of anilines is 2. The van der Waals surface area contributed by atoms with Crippen molar-refractivity contribution in [2.24, 2.45) is 0 Å². The van der Waals surface area contributed by atoms with Gasteiger partial charge in [0.25, 0.3) is 0 Å². The van der Waals surface area contributed by atoms with Crippen LogP contribution in [0.25, 0.3) is 0 Å². The second-order valence-electron chi connectivity index (χ2n) is 5.08. The molecule has 6 nitrogen and oxygen atoms in total. The Morgan fingerprint density at radius 2 is 2.20 bits per heavy atom. The smallest absolute Gasteiger partial charge is 0.334 e. The molecule has 0 unspecified atom stereocenters. The number of rotatable bonds is 3. The number of fused-ring (bicyclic) bond motifs is 1. The van der Waals surface area contributed by atoms with Crippen molar-refractivity contribution in [1.82, 2.24) is 0 Å². The number of hydrogen-bond donors (Lipinski definition) is 1. The topological polar surface area (TPSA) is 67.9 Å². The highest BCUT2D eigenvalue weighted by Gasteiger charge is 2.51. The maximum Gasteiger partial charge on any atom is 0.334 e. The van der Waals surface area contributed by atoms with Gasteiger partial charge in [-0.3, -0.25) is 4.79 Å². The number of ether oxygens (including phenoxy) is 1. The van der Waals surface area contributed by atoms with E-state index in [0.717, 1.165) is 19.1 Å². The summed E-state index contributed by atoms with van der Waals surface area (Å²) >= 11 is 0. The van der Waals surface area contributed by atoms with Crippen molar-refractivity contribution in [1.29, 1.82) is 0 Å². The Bertz CT molecular complexity index is 552. The number of nitrogens with zero attached hydrogens (tertiary/aromatic N) is 1. The molecule has 6 heteroatoms. The quantitative estimate of drug-likeness (QED) is 0.673. The van der Waals surface area contributed by atoms with E-state index >= 15 is 0 Å². The fourth-order valence-corrected chi connectivity index (χ4v) is 3.03. The van der Waals surface area contributed by atoms with Crippen LogP contribution < -0.4 is 10.5 Å². The Morgan fingerprint density at radius 1 is 1.45 bits per heavy atom. The van der Waals surface area contributed by atoms with Gasteiger partial charge in [-0.05, 0) is 25.0 Å². The zero-order valence-corrected chi connectivity index (χ0v) is 11.2. The van der Waals surface area contributed by atoms with Crippen LogP contribution in [0.15, 0.2) is 18.2 Å². The molecule has 1 heterocycles. The normalized spacial score (nSPS) is 19.4. The summed E-state index contributed by atoms with van der Waals surface area (Å²) < 4.78 is 4.96. The van der Waals surface area contributed by atoms with Gasteiger partial charge in [0.1, 0.15) is 0 Å². The molecular formula is C14H16N2O4. The van der Waals surface area contributed by atoms with E-state index < -0.39 is 5.54 Å². The second-order valence-corrected chi connectivity index (χ2v) is 5.08. The van der Waals surface area contributed by atoms with Crippen LogP contribution in [0.4, 0.5) is 11.4 Å². The van der Waals surface area contributed by atoms with Crippen molar-refractivity contribution < 1.29 is 19.3 Å². The molecule has 0 aromatic heterocycles. The number of nitrogens with one attached hydrogen (secondary N) is 1. The summed E-state index contributed by atoms with van der Waals surface area (Å²) in [5.41, 5.74) is 3.72. The van der Waals surface area contributed by atoms with Gasteiger partial charge >= 0.3 is 5.97 Å². The Labute approximate surface area is 116 Å². The van der Waals surface area contributed by atoms with Crippen LogP contribution in [-0.2, 0) is 14.5 Å². The van der Waals surface area contributed by atoms with Gasteiger partial charge in [-0.15, -0.1) is 0 Å². The van der Waals surface area contributed by atoms with Gasteiger partial charge < -0.3 is 4.74 Å². The predicted molar refractivity (Wildman–Crippen MR) is 72.2 cm³/mol. The molecular weight excluding hydrogens is 260 g/mol. The van der Waals surface area contributed by atoms with Gasteiger partial charge in [-0.2, -0.15) is 4.94 Å². The van der Waals surface area contributed by atoms with E-state index in [9.17, 15) is 9.59 Å². The number of methoxy groups -OCH3 is 1. The molecule has 106 valence electrons. The third-order valence-corrected chi connectivity index (χ3v) is 4.04.